The summed E-state index contributed by atoms with van der Waals surface area (Å²) in [6.07, 6.45) is -1.04. The first-order valence-corrected chi connectivity index (χ1v) is 5.80. The molecule has 0 spiro atoms. The number of benzene rings is 1. The second-order valence-corrected chi connectivity index (χ2v) is 4.28. The van der Waals surface area contributed by atoms with E-state index >= 15 is 0 Å². The molecule has 0 aromatic heterocycles. The zero-order valence-electron chi connectivity index (χ0n) is 10.6. The molecule has 1 fully saturated rings. The second kappa shape index (κ2) is 5.25. The lowest BCUT2D eigenvalue weighted by Crippen LogP contribution is -2.28. The molecule has 2 rings (SSSR count). The number of β-amino-alcohol motifs (C(OH)–C–C–N with tert-alkyl or cyclic N) is 1. The number of carbonyl (C=O) groups is 2. The Balaban J connectivity index is 2.61. The van der Waals surface area contributed by atoms with Crippen LogP contribution >= 0.6 is 0 Å². The summed E-state index contributed by atoms with van der Waals surface area (Å²) in [4.78, 5) is 35.0. The third-order valence-electron chi connectivity index (χ3n) is 2.99. The number of hydrogen-bond acceptors (Lipinski definition) is 6. The minimum Gasteiger partial charge on any atom is -0.465 e. The average Bonchev–Trinajstić information content (AvgIpc) is 2.75. The zero-order chi connectivity index (χ0) is 14.9. The highest BCUT2D eigenvalue weighted by Gasteiger charge is 2.36. The van der Waals surface area contributed by atoms with Crippen LogP contribution in [0.1, 0.15) is 16.8 Å². The normalized spacial score (nSPS) is 18.2. The van der Waals surface area contributed by atoms with Gasteiger partial charge in [0, 0.05) is 6.07 Å². The van der Waals surface area contributed by atoms with Crippen molar-refractivity contribution in [3.8, 4) is 0 Å². The Labute approximate surface area is 113 Å². The molecule has 0 saturated carbocycles. The average molecular weight is 280 g/mol. The number of nitro benzene ring substituents is 1. The summed E-state index contributed by atoms with van der Waals surface area (Å²) in [7, 11) is 1.14. The molecule has 1 unspecified atom stereocenters. The van der Waals surface area contributed by atoms with Gasteiger partial charge in [-0.25, -0.2) is 4.79 Å². The molecular formula is C12H12N2O6. The van der Waals surface area contributed by atoms with E-state index in [1.165, 1.54) is 18.2 Å². The maximum atomic E-state index is 11.8. The molecule has 20 heavy (non-hydrogen) atoms. The predicted molar refractivity (Wildman–Crippen MR) is 67.4 cm³/mol. The number of hydrogen-bond donors (Lipinski definition) is 1. The smallest absolute Gasteiger partial charge is 0.340 e. The van der Waals surface area contributed by atoms with E-state index < -0.39 is 22.9 Å². The lowest BCUT2D eigenvalue weighted by molar-refractivity contribution is -0.384. The molecule has 1 amide bonds. The van der Waals surface area contributed by atoms with Crippen molar-refractivity contribution in [2.45, 2.75) is 12.5 Å². The molecular weight excluding hydrogens is 268 g/mol. The van der Waals surface area contributed by atoms with Crippen LogP contribution in [0, 0.1) is 10.1 Å². The maximum absolute atomic E-state index is 11.8. The first kappa shape index (κ1) is 13.9. The molecule has 1 saturated heterocycles. The SMILES string of the molecule is COC(=O)c1cccc([N+](=O)[O-])c1N1CC(O)CC1=O. The van der Waals surface area contributed by atoms with Crippen molar-refractivity contribution >= 4 is 23.3 Å². The second-order valence-electron chi connectivity index (χ2n) is 4.28. The quantitative estimate of drug-likeness (QED) is 0.490. The molecule has 1 aromatic carbocycles. The number of amides is 1. The van der Waals surface area contributed by atoms with Crippen LogP contribution in [0.4, 0.5) is 11.4 Å². The van der Waals surface area contributed by atoms with Gasteiger partial charge in [0.1, 0.15) is 5.69 Å². The summed E-state index contributed by atoms with van der Waals surface area (Å²) in [5.41, 5.74) is -0.592. The van der Waals surface area contributed by atoms with Crippen molar-refractivity contribution in [3.63, 3.8) is 0 Å². The first-order chi connectivity index (χ1) is 9.45. The number of nitro groups is 1. The number of methoxy groups -OCH3 is 1. The van der Waals surface area contributed by atoms with Crippen molar-refractivity contribution in [1.29, 1.82) is 0 Å². The number of carbonyl (C=O) groups excluding carboxylic acids is 2. The molecule has 8 nitrogen and oxygen atoms in total. The van der Waals surface area contributed by atoms with Gasteiger partial charge in [-0.05, 0) is 6.07 Å². The molecule has 106 valence electrons. The van der Waals surface area contributed by atoms with Crippen molar-refractivity contribution in [2.75, 3.05) is 18.6 Å². The standard InChI is InChI=1S/C12H12N2O6/c1-20-12(17)8-3-2-4-9(14(18)19)11(8)13-6-7(15)5-10(13)16/h2-4,7,15H,5-6H2,1H3. The van der Waals surface area contributed by atoms with Gasteiger partial charge < -0.3 is 14.7 Å². The third kappa shape index (κ3) is 2.32. The molecule has 1 atom stereocenters. The number of nitrogens with zero attached hydrogens (tertiary/aromatic N) is 2. The topological polar surface area (TPSA) is 110 Å². The molecule has 8 heteroatoms. The van der Waals surface area contributed by atoms with Crippen LogP contribution in [0.25, 0.3) is 0 Å². The van der Waals surface area contributed by atoms with Crippen LogP contribution in [0.15, 0.2) is 18.2 Å². The van der Waals surface area contributed by atoms with Gasteiger partial charge in [0.2, 0.25) is 5.91 Å². The van der Waals surface area contributed by atoms with Crippen molar-refractivity contribution in [1.82, 2.24) is 0 Å². The Morgan fingerprint density at radius 1 is 1.55 bits per heavy atom. The van der Waals surface area contributed by atoms with E-state index in [1.807, 2.05) is 0 Å². The predicted octanol–water partition coefficient (Wildman–Crippen LogP) is 0.479. The number of anilines is 1. The summed E-state index contributed by atoms with van der Waals surface area (Å²) in [5, 5.41) is 20.6. The van der Waals surface area contributed by atoms with Crippen LogP contribution in [0.5, 0.6) is 0 Å². The summed E-state index contributed by atoms with van der Waals surface area (Å²) in [6.45, 7) is -0.0896. The van der Waals surface area contributed by atoms with E-state index in [-0.39, 0.29) is 29.9 Å². The minimum atomic E-state index is -0.909. The van der Waals surface area contributed by atoms with E-state index in [1.54, 1.807) is 0 Å². The fourth-order valence-electron chi connectivity index (χ4n) is 2.14. The van der Waals surface area contributed by atoms with Crippen LogP contribution < -0.4 is 4.90 Å². The summed E-state index contributed by atoms with van der Waals surface area (Å²) < 4.78 is 4.57. The first-order valence-electron chi connectivity index (χ1n) is 5.80. The Hall–Kier alpha value is -2.48. The van der Waals surface area contributed by atoms with Gasteiger partial charge in [0.05, 0.1) is 36.7 Å². The number of para-hydroxylation sites is 1. The van der Waals surface area contributed by atoms with Crippen LogP contribution in [0.2, 0.25) is 0 Å². The van der Waals surface area contributed by atoms with Gasteiger partial charge >= 0.3 is 5.97 Å². The summed E-state index contributed by atoms with van der Waals surface area (Å²) >= 11 is 0. The van der Waals surface area contributed by atoms with E-state index in [0.717, 1.165) is 12.0 Å². The fourth-order valence-corrected chi connectivity index (χ4v) is 2.14. The monoisotopic (exact) mass is 280 g/mol. The molecule has 1 heterocycles. The van der Waals surface area contributed by atoms with E-state index in [4.69, 9.17) is 0 Å². The van der Waals surface area contributed by atoms with Gasteiger partial charge in [-0.15, -0.1) is 0 Å². The van der Waals surface area contributed by atoms with E-state index in [0.29, 0.717) is 0 Å². The number of rotatable bonds is 3. The Bertz CT molecular complexity index is 585. The minimum absolute atomic E-state index is 0.0795. The van der Waals surface area contributed by atoms with E-state index in [2.05, 4.69) is 4.74 Å². The Morgan fingerprint density at radius 3 is 2.75 bits per heavy atom. The fraction of sp³-hybridized carbons (Fsp3) is 0.333. The van der Waals surface area contributed by atoms with Crippen LogP contribution in [-0.4, -0.2) is 41.7 Å². The van der Waals surface area contributed by atoms with Crippen molar-refractivity contribution in [2.24, 2.45) is 0 Å². The molecule has 0 bridgehead atoms. The van der Waals surface area contributed by atoms with E-state index in [9.17, 15) is 24.8 Å². The highest BCUT2D eigenvalue weighted by Crippen LogP contribution is 2.35. The molecule has 1 N–H and O–H groups in total. The lowest BCUT2D eigenvalue weighted by atomic mass is 10.1. The number of esters is 1. The number of ether oxygens (including phenoxy) is 1. The summed E-state index contributed by atoms with van der Waals surface area (Å²) in [6, 6.07) is 3.87. The largest absolute Gasteiger partial charge is 0.465 e. The molecule has 1 aliphatic heterocycles. The third-order valence-corrected chi connectivity index (χ3v) is 2.99. The molecule has 1 aromatic rings. The van der Waals surface area contributed by atoms with Gasteiger partial charge in [-0.1, -0.05) is 6.07 Å². The zero-order valence-corrected chi connectivity index (χ0v) is 10.6. The Kier molecular flexibility index (Phi) is 3.66. The van der Waals surface area contributed by atoms with Crippen LogP contribution in [-0.2, 0) is 9.53 Å². The van der Waals surface area contributed by atoms with Gasteiger partial charge in [0.25, 0.3) is 5.69 Å². The highest BCUT2D eigenvalue weighted by atomic mass is 16.6. The van der Waals surface area contributed by atoms with Gasteiger partial charge in [-0.3, -0.25) is 14.9 Å². The highest BCUT2D eigenvalue weighted by molar-refractivity contribution is 6.06. The number of aliphatic hydroxyl groups excluding tert-OH is 1. The number of aliphatic hydroxyl groups is 1. The molecule has 1 aliphatic rings. The van der Waals surface area contributed by atoms with Crippen molar-refractivity contribution in [3.05, 3.63) is 33.9 Å². The maximum Gasteiger partial charge on any atom is 0.340 e. The molecule has 0 radical (unpaired) electrons. The summed E-state index contributed by atoms with van der Waals surface area (Å²) in [5.74, 6) is -1.25. The van der Waals surface area contributed by atoms with Gasteiger partial charge in [0.15, 0.2) is 0 Å². The molecule has 0 aliphatic carbocycles. The van der Waals surface area contributed by atoms with Crippen molar-refractivity contribution < 1.29 is 24.4 Å². The lowest BCUT2D eigenvalue weighted by Gasteiger charge is -2.18. The van der Waals surface area contributed by atoms with Crippen LogP contribution in [0.3, 0.4) is 0 Å². The van der Waals surface area contributed by atoms with Gasteiger partial charge in [-0.2, -0.15) is 0 Å². The Morgan fingerprint density at radius 2 is 2.25 bits per heavy atom.